The molecule has 116 valence electrons. The Morgan fingerprint density at radius 2 is 2.41 bits per heavy atom. The van der Waals surface area contributed by atoms with E-state index in [4.69, 9.17) is 4.52 Å². The Labute approximate surface area is 127 Å². The zero-order valence-corrected chi connectivity index (χ0v) is 12.3. The standard InChI is InChI=1S/C15H18N4O3/c1-10-16-14(18-22-10)11-4-2-5-12(8-11)17-15(21)19-7-3-6-13(19)9-20/h2,4-5,8,13,20H,3,6-7,9H2,1H3,(H,17,21)/t13-/m0/s1. The smallest absolute Gasteiger partial charge is 0.322 e. The maximum Gasteiger partial charge on any atom is 0.322 e. The van der Waals surface area contributed by atoms with Crippen LogP contribution in [0.5, 0.6) is 0 Å². The number of nitrogens with zero attached hydrogens (tertiary/aromatic N) is 3. The van der Waals surface area contributed by atoms with Crippen LogP contribution in [0.3, 0.4) is 0 Å². The summed E-state index contributed by atoms with van der Waals surface area (Å²) in [6.45, 7) is 2.39. The average molecular weight is 302 g/mol. The summed E-state index contributed by atoms with van der Waals surface area (Å²) in [6, 6.07) is 6.99. The summed E-state index contributed by atoms with van der Waals surface area (Å²) >= 11 is 0. The first-order chi connectivity index (χ1) is 10.7. The molecule has 1 fully saturated rings. The first-order valence-corrected chi connectivity index (χ1v) is 7.26. The summed E-state index contributed by atoms with van der Waals surface area (Å²) in [5.74, 6) is 0.982. The van der Waals surface area contributed by atoms with Crippen molar-refractivity contribution in [1.29, 1.82) is 0 Å². The molecule has 1 aromatic carbocycles. The Morgan fingerprint density at radius 3 is 3.14 bits per heavy atom. The highest BCUT2D eigenvalue weighted by atomic mass is 16.5. The molecule has 2 N–H and O–H groups in total. The quantitative estimate of drug-likeness (QED) is 0.905. The molecule has 0 bridgehead atoms. The predicted molar refractivity (Wildman–Crippen MR) is 80.3 cm³/mol. The SMILES string of the molecule is Cc1nc(-c2cccc(NC(=O)N3CCC[C@H]3CO)c2)no1. The van der Waals surface area contributed by atoms with Crippen molar-refractivity contribution in [2.75, 3.05) is 18.5 Å². The summed E-state index contributed by atoms with van der Waals surface area (Å²) in [5.41, 5.74) is 1.43. The molecule has 3 rings (SSSR count). The maximum absolute atomic E-state index is 12.3. The second-order valence-corrected chi connectivity index (χ2v) is 5.32. The van der Waals surface area contributed by atoms with Gasteiger partial charge in [-0.25, -0.2) is 4.79 Å². The van der Waals surface area contributed by atoms with Gasteiger partial charge in [0.05, 0.1) is 12.6 Å². The van der Waals surface area contributed by atoms with Crippen LogP contribution in [-0.2, 0) is 0 Å². The van der Waals surface area contributed by atoms with Gasteiger partial charge in [0.1, 0.15) is 0 Å². The number of likely N-dealkylation sites (tertiary alicyclic amines) is 1. The first-order valence-electron chi connectivity index (χ1n) is 7.26. The highest BCUT2D eigenvalue weighted by Gasteiger charge is 2.28. The molecular formula is C15H18N4O3. The minimum absolute atomic E-state index is 0.00437. The molecule has 1 atom stereocenters. The maximum atomic E-state index is 12.3. The number of amides is 2. The molecule has 22 heavy (non-hydrogen) atoms. The number of nitrogens with one attached hydrogen (secondary N) is 1. The fraction of sp³-hybridized carbons (Fsp3) is 0.400. The van der Waals surface area contributed by atoms with Crippen LogP contribution in [0.25, 0.3) is 11.4 Å². The number of hydrogen-bond donors (Lipinski definition) is 2. The Kier molecular flexibility index (Phi) is 4.06. The molecule has 2 heterocycles. The van der Waals surface area contributed by atoms with Crippen molar-refractivity contribution in [2.24, 2.45) is 0 Å². The molecule has 0 saturated carbocycles. The Morgan fingerprint density at radius 1 is 1.55 bits per heavy atom. The Hall–Kier alpha value is -2.41. The van der Waals surface area contributed by atoms with E-state index < -0.39 is 0 Å². The minimum Gasteiger partial charge on any atom is -0.394 e. The van der Waals surface area contributed by atoms with E-state index in [0.717, 1.165) is 18.4 Å². The van der Waals surface area contributed by atoms with Gasteiger partial charge in [-0.05, 0) is 25.0 Å². The van der Waals surface area contributed by atoms with Crippen LogP contribution < -0.4 is 5.32 Å². The van der Waals surface area contributed by atoms with Crippen LogP contribution in [-0.4, -0.2) is 45.4 Å². The number of rotatable bonds is 3. The summed E-state index contributed by atoms with van der Waals surface area (Å²) < 4.78 is 4.97. The van der Waals surface area contributed by atoms with Gasteiger partial charge in [-0.2, -0.15) is 4.98 Å². The lowest BCUT2D eigenvalue weighted by atomic mass is 10.2. The van der Waals surface area contributed by atoms with Gasteiger partial charge in [0, 0.05) is 24.7 Å². The Balaban J connectivity index is 1.74. The van der Waals surface area contributed by atoms with Crippen molar-refractivity contribution >= 4 is 11.7 Å². The summed E-state index contributed by atoms with van der Waals surface area (Å²) in [7, 11) is 0. The van der Waals surface area contributed by atoms with Crippen LogP contribution in [0, 0.1) is 6.92 Å². The van der Waals surface area contributed by atoms with Crippen LogP contribution in [0.2, 0.25) is 0 Å². The lowest BCUT2D eigenvalue weighted by molar-refractivity contribution is 0.166. The fourth-order valence-corrected chi connectivity index (χ4v) is 2.64. The lowest BCUT2D eigenvalue weighted by Gasteiger charge is -2.23. The van der Waals surface area contributed by atoms with Gasteiger partial charge in [-0.1, -0.05) is 17.3 Å². The number of carbonyl (C=O) groups excluding carboxylic acids is 1. The predicted octanol–water partition coefficient (Wildman–Crippen LogP) is 2.03. The van der Waals surface area contributed by atoms with Crippen LogP contribution in [0.1, 0.15) is 18.7 Å². The van der Waals surface area contributed by atoms with E-state index in [-0.39, 0.29) is 18.7 Å². The molecular weight excluding hydrogens is 284 g/mol. The highest BCUT2D eigenvalue weighted by Crippen LogP contribution is 2.22. The summed E-state index contributed by atoms with van der Waals surface area (Å²) in [4.78, 5) is 18.1. The van der Waals surface area contributed by atoms with Crippen LogP contribution in [0.15, 0.2) is 28.8 Å². The number of urea groups is 1. The van der Waals surface area contributed by atoms with Crippen LogP contribution >= 0.6 is 0 Å². The number of aliphatic hydroxyl groups is 1. The van der Waals surface area contributed by atoms with Crippen molar-refractivity contribution in [3.63, 3.8) is 0 Å². The van der Waals surface area contributed by atoms with Gasteiger partial charge >= 0.3 is 6.03 Å². The topological polar surface area (TPSA) is 91.5 Å². The number of hydrogen-bond acceptors (Lipinski definition) is 5. The van der Waals surface area contributed by atoms with Gasteiger partial charge in [0.25, 0.3) is 0 Å². The number of anilines is 1. The average Bonchev–Trinajstić information content (AvgIpc) is 3.16. The second-order valence-electron chi connectivity index (χ2n) is 5.32. The van der Waals surface area contributed by atoms with Crippen LogP contribution in [0.4, 0.5) is 10.5 Å². The first kappa shape index (κ1) is 14.5. The third kappa shape index (κ3) is 2.94. The zero-order chi connectivity index (χ0) is 15.5. The van der Waals surface area contributed by atoms with E-state index in [9.17, 15) is 9.90 Å². The van der Waals surface area contributed by atoms with Gasteiger partial charge in [0.15, 0.2) is 0 Å². The molecule has 7 heteroatoms. The van der Waals surface area contributed by atoms with E-state index in [1.54, 1.807) is 24.0 Å². The van der Waals surface area contributed by atoms with Crippen molar-refractivity contribution < 1.29 is 14.4 Å². The van der Waals surface area contributed by atoms with Gasteiger partial charge in [0.2, 0.25) is 11.7 Å². The summed E-state index contributed by atoms with van der Waals surface area (Å²) in [5, 5.41) is 16.0. The van der Waals surface area contributed by atoms with E-state index in [2.05, 4.69) is 15.5 Å². The number of aliphatic hydroxyl groups excluding tert-OH is 1. The molecule has 2 amide bonds. The normalized spacial score (nSPS) is 17.7. The molecule has 0 spiro atoms. The van der Waals surface area contributed by atoms with Crippen molar-refractivity contribution in [2.45, 2.75) is 25.8 Å². The van der Waals surface area contributed by atoms with E-state index in [1.807, 2.05) is 12.1 Å². The molecule has 0 aliphatic carbocycles. The van der Waals surface area contributed by atoms with Gasteiger partial charge < -0.3 is 19.8 Å². The molecule has 1 aromatic heterocycles. The third-order valence-corrected chi connectivity index (χ3v) is 3.75. The molecule has 7 nitrogen and oxygen atoms in total. The Bertz CT molecular complexity index is 670. The number of benzene rings is 1. The zero-order valence-electron chi connectivity index (χ0n) is 12.3. The number of carbonyl (C=O) groups is 1. The third-order valence-electron chi connectivity index (χ3n) is 3.75. The van der Waals surface area contributed by atoms with Crippen molar-refractivity contribution in [3.05, 3.63) is 30.2 Å². The number of aromatic nitrogens is 2. The number of aryl methyl sites for hydroxylation is 1. The molecule has 1 saturated heterocycles. The van der Waals surface area contributed by atoms with Crippen molar-refractivity contribution in [3.8, 4) is 11.4 Å². The van der Waals surface area contributed by atoms with E-state index in [0.29, 0.717) is 23.9 Å². The van der Waals surface area contributed by atoms with Gasteiger partial charge in [-0.3, -0.25) is 0 Å². The minimum atomic E-state index is -0.196. The monoisotopic (exact) mass is 302 g/mol. The van der Waals surface area contributed by atoms with E-state index >= 15 is 0 Å². The molecule has 1 aliphatic rings. The molecule has 0 radical (unpaired) electrons. The highest BCUT2D eigenvalue weighted by molar-refractivity contribution is 5.90. The largest absolute Gasteiger partial charge is 0.394 e. The van der Waals surface area contributed by atoms with Crippen molar-refractivity contribution in [1.82, 2.24) is 15.0 Å². The lowest BCUT2D eigenvalue weighted by Crippen LogP contribution is -2.40. The van der Waals surface area contributed by atoms with Gasteiger partial charge in [-0.15, -0.1) is 0 Å². The summed E-state index contributed by atoms with van der Waals surface area (Å²) in [6.07, 6.45) is 1.76. The molecule has 0 unspecified atom stereocenters. The van der Waals surface area contributed by atoms with E-state index in [1.165, 1.54) is 0 Å². The second kappa shape index (κ2) is 6.15. The molecule has 2 aromatic rings. The molecule has 1 aliphatic heterocycles. The fourth-order valence-electron chi connectivity index (χ4n) is 2.64.